The Morgan fingerprint density at radius 3 is 2.67 bits per heavy atom. The Morgan fingerprint density at radius 2 is 1.92 bits per heavy atom. The summed E-state index contributed by atoms with van der Waals surface area (Å²) in [6, 6.07) is 16.0. The number of hydrogen-bond donors (Lipinski definition) is 0. The maximum atomic E-state index is 12.5. The van der Waals surface area contributed by atoms with Crippen molar-refractivity contribution in [3.63, 3.8) is 0 Å². The molecular formula is C19H19N3OS. The van der Waals surface area contributed by atoms with E-state index < -0.39 is 0 Å². The molecule has 2 heterocycles. The van der Waals surface area contributed by atoms with Gasteiger partial charge in [-0.05, 0) is 30.5 Å². The van der Waals surface area contributed by atoms with Crippen LogP contribution in [-0.4, -0.2) is 34.4 Å². The van der Waals surface area contributed by atoms with Gasteiger partial charge >= 0.3 is 0 Å². The van der Waals surface area contributed by atoms with E-state index in [1.165, 1.54) is 16.9 Å². The van der Waals surface area contributed by atoms with Crippen LogP contribution >= 0.6 is 11.3 Å². The van der Waals surface area contributed by atoms with Crippen molar-refractivity contribution < 1.29 is 4.79 Å². The van der Waals surface area contributed by atoms with Crippen molar-refractivity contribution in [2.75, 3.05) is 13.6 Å². The van der Waals surface area contributed by atoms with E-state index in [0.717, 1.165) is 23.5 Å². The normalized spacial score (nSPS) is 10.5. The number of rotatable bonds is 6. The number of amides is 1. The maximum Gasteiger partial charge on any atom is 0.273 e. The molecule has 0 saturated heterocycles. The Bertz CT molecular complexity index is 787. The third-order valence-electron chi connectivity index (χ3n) is 3.76. The van der Waals surface area contributed by atoms with E-state index in [2.05, 4.69) is 22.1 Å². The maximum absolute atomic E-state index is 12.5. The topological polar surface area (TPSA) is 46.1 Å². The molecule has 0 aliphatic heterocycles. The average Bonchev–Trinajstić information content (AvgIpc) is 3.13. The lowest BCUT2D eigenvalue weighted by Crippen LogP contribution is -2.28. The predicted octanol–water partition coefficient (Wildman–Crippen LogP) is 3.91. The van der Waals surface area contributed by atoms with Crippen LogP contribution in [0.5, 0.6) is 0 Å². The van der Waals surface area contributed by atoms with Crippen LogP contribution in [0.15, 0.2) is 60.1 Å². The minimum Gasteiger partial charge on any atom is -0.340 e. The van der Waals surface area contributed by atoms with Gasteiger partial charge in [0.25, 0.3) is 5.91 Å². The largest absolute Gasteiger partial charge is 0.340 e. The van der Waals surface area contributed by atoms with E-state index in [9.17, 15) is 4.79 Å². The molecule has 1 aromatic carbocycles. The van der Waals surface area contributed by atoms with E-state index in [-0.39, 0.29) is 5.91 Å². The van der Waals surface area contributed by atoms with Gasteiger partial charge in [0.2, 0.25) is 0 Å². The second-order valence-electron chi connectivity index (χ2n) is 5.57. The fraction of sp³-hybridized carbons (Fsp3) is 0.211. The van der Waals surface area contributed by atoms with Crippen LogP contribution in [0.1, 0.15) is 22.5 Å². The van der Waals surface area contributed by atoms with Gasteiger partial charge < -0.3 is 4.90 Å². The van der Waals surface area contributed by atoms with Crippen molar-refractivity contribution in [3.8, 4) is 10.7 Å². The molecule has 0 spiro atoms. The number of carbonyl (C=O) groups excluding carboxylic acids is 1. The van der Waals surface area contributed by atoms with Crippen LogP contribution < -0.4 is 0 Å². The van der Waals surface area contributed by atoms with Crippen molar-refractivity contribution in [1.29, 1.82) is 0 Å². The number of benzene rings is 1. The van der Waals surface area contributed by atoms with Gasteiger partial charge in [0, 0.05) is 25.2 Å². The second kappa shape index (κ2) is 7.84. The highest BCUT2D eigenvalue weighted by Crippen LogP contribution is 2.22. The van der Waals surface area contributed by atoms with Crippen LogP contribution in [0, 0.1) is 0 Å². The highest BCUT2D eigenvalue weighted by atomic mass is 32.1. The smallest absolute Gasteiger partial charge is 0.273 e. The van der Waals surface area contributed by atoms with Crippen LogP contribution in [0.4, 0.5) is 0 Å². The molecule has 2 aromatic heterocycles. The Morgan fingerprint density at radius 1 is 1.12 bits per heavy atom. The molecule has 24 heavy (non-hydrogen) atoms. The molecule has 0 aliphatic carbocycles. The molecule has 0 atom stereocenters. The van der Waals surface area contributed by atoms with Gasteiger partial charge in [0.05, 0.1) is 5.69 Å². The zero-order chi connectivity index (χ0) is 16.8. The van der Waals surface area contributed by atoms with E-state index in [1.807, 2.05) is 43.4 Å². The summed E-state index contributed by atoms with van der Waals surface area (Å²) in [5.41, 5.74) is 2.58. The van der Waals surface area contributed by atoms with E-state index in [0.29, 0.717) is 12.2 Å². The molecule has 3 aromatic rings. The zero-order valence-electron chi connectivity index (χ0n) is 13.6. The minimum absolute atomic E-state index is 0.0403. The lowest BCUT2D eigenvalue weighted by atomic mass is 10.1. The van der Waals surface area contributed by atoms with Crippen LogP contribution in [-0.2, 0) is 6.42 Å². The van der Waals surface area contributed by atoms with Crippen molar-refractivity contribution in [2.45, 2.75) is 12.8 Å². The van der Waals surface area contributed by atoms with E-state index in [1.54, 1.807) is 16.5 Å². The lowest BCUT2D eigenvalue weighted by Gasteiger charge is -2.15. The molecule has 0 aliphatic rings. The summed E-state index contributed by atoms with van der Waals surface area (Å²) in [7, 11) is 1.83. The second-order valence-corrected chi connectivity index (χ2v) is 6.43. The molecular weight excluding hydrogens is 318 g/mol. The van der Waals surface area contributed by atoms with Gasteiger partial charge in [-0.25, -0.2) is 4.98 Å². The zero-order valence-corrected chi connectivity index (χ0v) is 14.4. The summed E-state index contributed by atoms with van der Waals surface area (Å²) in [4.78, 5) is 22.9. The molecule has 3 rings (SSSR count). The van der Waals surface area contributed by atoms with Gasteiger partial charge in [-0.3, -0.25) is 9.78 Å². The Kier molecular flexibility index (Phi) is 5.33. The summed E-state index contributed by atoms with van der Waals surface area (Å²) in [6.45, 7) is 0.712. The Labute approximate surface area is 145 Å². The van der Waals surface area contributed by atoms with Gasteiger partial charge in [-0.1, -0.05) is 36.4 Å². The highest BCUT2D eigenvalue weighted by molar-refractivity contribution is 7.13. The van der Waals surface area contributed by atoms with Gasteiger partial charge in [0.1, 0.15) is 10.7 Å². The van der Waals surface area contributed by atoms with Gasteiger partial charge in [-0.15, -0.1) is 11.3 Å². The summed E-state index contributed by atoms with van der Waals surface area (Å²) >= 11 is 1.45. The molecule has 0 bridgehead atoms. The Balaban J connectivity index is 1.57. The quantitative estimate of drug-likeness (QED) is 0.685. The molecule has 1 amide bonds. The standard InChI is InChI=1S/C19H19N3OS/c1-22(13-7-10-15-8-3-2-4-9-15)19(23)17-14-24-18(21-17)16-11-5-6-12-20-16/h2-6,8-9,11-12,14H,7,10,13H2,1H3. The van der Waals surface area contributed by atoms with Crippen molar-refractivity contribution >= 4 is 17.2 Å². The van der Waals surface area contributed by atoms with Crippen LogP contribution in [0.3, 0.4) is 0 Å². The molecule has 0 unspecified atom stereocenters. The fourth-order valence-electron chi connectivity index (χ4n) is 2.44. The van der Waals surface area contributed by atoms with Gasteiger partial charge in [0.15, 0.2) is 0 Å². The molecule has 0 radical (unpaired) electrons. The number of carbonyl (C=O) groups is 1. The first kappa shape index (κ1) is 16.3. The number of nitrogens with zero attached hydrogens (tertiary/aromatic N) is 3. The third-order valence-corrected chi connectivity index (χ3v) is 4.62. The van der Waals surface area contributed by atoms with Crippen molar-refractivity contribution in [3.05, 3.63) is 71.4 Å². The van der Waals surface area contributed by atoms with Gasteiger partial charge in [-0.2, -0.15) is 0 Å². The summed E-state index contributed by atoms with van der Waals surface area (Å²) in [6.07, 6.45) is 3.63. The monoisotopic (exact) mass is 337 g/mol. The van der Waals surface area contributed by atoms with Crippen LogP contribution in [0.2, 0.25) is 0 Å². The molecule has 0 fully saturated rings. The molecule has 4 nitrogen and oxygen atoms in total. The first-order chi connectivity index (χ1) is 11.7. The summed E-state index contributed by atoms with van der Waals surface area (Å²) < 4.78 is 0. The van der Waals surface area contributed by atoms with E-state index >= 15 is 0 Å². The fourth-order valence-corrected chi connectivity index (χ4v) is 3.21. The first-order valence-electron chi connectivity index (χ1n) is 7.90. The number of aryl methyl sites for hydroxylation is 1. The number of pyridine rings is 1. The van der Waals surface area contributed by atoms with Crippen molar-refractivity contribution in [1.82, 2.24) is 14.9 Å². The number of hydrogen-bond acceptors (Lipinski definition) is 4. The molecule has 5 heteroatoms. The average molecular weight is 337 g/mol. The molecule has 122 valence electrons. The molecule has 0 saturated carbocycles. The molecule has 0 N–H and O–H groups in total. The Hall–Kier alpha value is -2.53. The van der Waals surface area contributed by atoms with Crippen LogP contribution in [0.25, 0.3) is 10.7 Å². The number of aromatic nitrogens is 2. The minimum atomic E-state index is -0.0403. The lowest BCUT2D eigenvalue weighted by molar-refractivity contribution is 0.0788. The SMILES string of the molecule is CN(CCCc1ccccc1)C(=O)c1csc(-c2ccccn2)n1. The highest BCUT2D eigenvalue weighted by Gasteiger charge is 2.16. The summed E-state index contributed by atoms with van der Waals surface area (Å²) in [5, 5.41) is 2.58. The predicted molar refractivity (Wildman–Crippen MR) is 97.1 cm³/mol. The van der Waals surface area contributed by atoms with Crippen molar-refractivity contribution in [2.24, 2.45) is 0 Å². The van der Waals surface area contributed by atoms with E-state index in [4.69, 9.17) is 0 Å². The number of thiazole rings is 1. The summed E-state index contributed by atoms with van der Waals surface area (Å²) in [5.74, 6) is -0.0403. The first-order valence-corrected chi connectivity index (χ1v) is 8.78. The third kappa shape index (κ3) is 4.06.